The molecule has 1 N–H and O–H groups in total. The number of rotatable bonds is 5. The summed E-state index contributed by atoms with van der Waals surface area (Å²) in [5, 5.41) is 11.9. The highest BCUT2D eigenvalue weighted by atomic mass is 16.7. The highest BCUT2D eigenvalue weighted by Gasteiger charge is 2.76. The first-order valence-corrected chi connectivity index (χ1v) is 15.2. The van der Waals surface area contributed by atoms with Crippen LogP contribution in [0.15, 0.2) is 23.8 Å². The summed E-state index contributed by atoms with van der Waals surface area (Å²) in [7, 11) is 0. The summed E-state index contributed by atoms with van der Waals surface area (Å²) in [5.41, 5.74) is -1.19. The van der Waals surface area contributed by atoms with Gasteiger partial charge in [-0.1, -0.05) is 58.6 Å². The maximum Gasteiger partial charge on any atom is 0.308 e. The van der Waals surface area contributed by atoms with Crippen molar-refractivity contribution in [2.24, 2.45) is 40.4 Å². The number of esters is 1. The number of carbonyl (C=O) groups excluding carboxylic acids is 3. The molecule has 6 rings (SSSR count). The van der Waals surface area contributed by atoms with Gasteiger partial charge in [-0.25, -0.2) is 0 Å². The Bertz CT molecular complexity index is 1100. The minimum atomic E-state index is -1.25. The highest BCUT2D eigenvalue weighted by molar-refractivity contribution is 6.01. The van der Waals surface area contributed by atoms with Gasteiger partial charge in [-0.05, 0) is 62.5 Å². The number of hydrogen-bond donors (Lipinski definition) is 1. The minimum Gasteiger partial charge on any atom is -0.457 e. The van der Waals surface area contributed by atoms with Gasteiger partial charge in [0.1, 0.15) is 0 Å². The predicted molar refractivity (Wildman–Crippen MR) is 143 cm³/mol. The van der Waals surface area contributed by atoms with Crippen LogP contribution in [0.2, 0.25) is 0 Å². The normalized spacial score (nSPS) is 45.3. The monoisotopic (exact) mass is 540 g/mol. The molecule has 0 aromatic heterocycles. The molecule has 0 aromatic rings. The van der Waals surface area contributed by atoms with E-state index < -0.39 is 35.5 Å². The zero-order valence-corrected chi connectivity index (χ0v) is 23.8. The summed E-state index contributed by atoms with van der Waals surface area (Å²) in [6.45, 7) is 7.44. The minimum absolute atomic E-state index is 0.0162. The van der Waals surface area contributed by atoms with Crippen LogP contribution >= 0.6 is 0 Å². The van der Waals surface area contributed by atoms with Gasteiger partial charge < -0.3 is 19.3 Å². The summed E-state index contributed by atoms with van der Waals surface area (Å²) >= 11 is 0. The van der Waals surface area contributed by atoms with E-state index in [2.05, 4.69) is 13.8 Å². The average molecular weight is 541 g/mol. The van der Waals surface area contributed by atoms with Crippen molar-refractivity contribution >= 4 is 17.5 Å². The van der Waals surface area contributed by atoms with Crippen molar-refractivity contribution in [1.29, 1.82) is 0 Å². The van der Waals surface area contributed by atoms with E-state index in [1.807, 2.05) is 6.08 Å². The SMILES string of the molecule is CC(C)C(=O)OCC(=O)[C@]12O[C@@H](C3CCCCC3)O[C@@H]1C[C@H]1[C@@H]3CCC4=CC(=O)C=C[C@]4(C)[C@H]3[C@@H](O)C[C@@]12C. The van der Waals surface area contributed by atoms with E-state index in [1.165, 1.54) is 6.42 Å². The first kappa shape index (κ1) is 27.3. The van der Waals surface area contributed by atoms with Crippen molar-refractivity contribution < 1.29 is 33.7 Å². The van der Waals surface area contributed by atoms with Crippen molar-refractivity contribution in [3.8, 4) is 0 Å². The summed E-state index contributed by atoms with van der Waals surface area (Å²) < 4.78 is 19.0. The Balaban J connectivity index is 1.35. The Morgan fingerprint density at radius 2 is 1.90 bits per heavy atom. The molecule has 1 saturated heterocycles. The van der Waals surface area contributed by atoms with Gasteiger partial charge in [-0.2, -0.15) is 0 Å². The lowest BCUT2D eigenvalue weighted by Gasteiger charge is -2.59. The molecule has 5 aliphatic carbocycles. The third kappa shape index (κ3) is 3.97. The van der Waals surface area contributed by atoms with E-state index >= 15 is 0 Å². The summed E-state index contributed by atoms with van der Waals surface area (Å²) in [4.78, 5) is 38.7. The summed E-state index contributed by atoms with van der Waals surface area (Å²) in [6, 6.07) is 0. The molecular weight excluding hydrogens is 496 g/mol. The van der Waals surface area contributed by atoms with Crippen molar-refractivity contribution in [2.45, 2.75) is 110 Å². The lowest BCUT2D eigenvalue weighted by molar-refractivity contribution is -0.210. The topological polar surface area (TPSA) is 99.1 Å². The van der Waals surface area contributed by atoms with Crippen molar-refractivity contribution in [3.05, 3.63) is 23.8 Å². The predicted octanol–water partition coefficient (Wildman–Crippen LogP) is 4.70. The quantitative estimate of drug-likeness (QED) is 0.505. The average Bonchev–Trinajstić information content (AvgIpc) is 3.41. The highest BCUT2D eigenvalue weighted by Crippen LogP contribution is 2.70. The number of hydrogen-bond acceptors (Lipinski definition) is 7. The number of ketones is 2. The Labute approximate surface area is 231 Å². The molecule has 0 bridgehead atoms. The fraction of sp³-hybridized carbons (Fsp3) is 0.781. The Morgan fingerprint density at radius 1 is 1.15 bits per heavy atom. The standard InChI is InChI=1S/C32H44O7/c1-18(2)28(36)37-17-25(35)32-26(38-29(39-32)19-8-6-5-7-9-19)15-23-22-11-10-20-14-21(33)12-13-30(20,3)27(22)24(34)16-31(23,32)4/h12-14,18-19,22-24,26-27,29,34H,5-11,15-17H2,1-4H3/t22-,23-,24-,26+,27+,29-,30-,31-,32-/m0/s1. The van der Waals surface area contributed by atoms with E-state index in [0.29, 0.717) is 12.8 Å². The second kappa shape index (κ2) is 9.63. The van der Waals surface area contributed by atoms with Crippen LogP contribution in [0.5, 0.6) is 0 Å². The van der Waals surface area contributed by atoms with Crippen molar-refractivity contribution in [1.82, 2.24) is 0 Å². The number of aliphatic hydroxyl groups is 1. The zero-order chi connectivity index (χ0) is 27.7. The molecular formula is C32H44O7. The van der Waals surface area contributed by atoms with E-state index in [0.717, 1.165) is 44.1 Å². The van der Waals surface area contributed by atoms with Crippen molar-refractivity contribution in [3.63, 3.8) is 0 Å². The van der Waals surface area contributed by atoms with Crippen LogP contribution in [-0.2, 0) is 28.6 Å². The smallest absolute Gasteiger partial charge is 0.308 e. The largest absolute Gasteiger partial charge is 0.457 e. The summed E-state index contributed by atoms with van der Waals surface area (Å²) in [5.74, 6) is -0.471. The van der Waals surface area contributed by atoms with Crippen LogP contribution in [0, 0.1) is 40.4 Å². The fourth-order valence-electron chi connectivity index (χ4n) is 9.62. The van der Waals surface area contributed by atoms with Gasteiger partial charge in [0.15, 0.2) is 24.3 Å². The molecule has 0 radical (unpaired) electrons. The molecule has 7 heteroatoms. The van der Waals surface area contributed by atoms with Gasteiger partial charge in [0.2, 0.25) is 5.78 Å². The van der Waals surface area contributed by atoms with Gasteiger partial charge in [0, 0.05) is 22.7 Å². The molecule has 0 amide bonds. The molecule has 214 valence electrons. The molecule has 7 nitrogen and oxygen atoms in total. The third-order valence-electron chi connectivity index (χ3n) is 11.5. The number of allylic oxidation sites excluding steroid dienone is 4. The van der Waals surface area contributed by atoms with Crippen LogP contribution in [0.1, 0.15) is 85.5 Å². The van der Waals surface area contributed by atoms with E-state index in [1.54, 1.807) is 26.0 Å². The molecule has 5 fully saturated rings. The van der Waals surface area contributed by atoms with Crippen LogP contribution in [-0.4, -0.2) is 53.3 Å². The molecule has 0 aromatic carbocycles. The van der Waals surface area contributed by atoms with Crippen LogP contribution in [0.3, 0.4) is 0 Å². The molecule has 1 heterocycles. The third-order valence-corrected chi connectivity index (χ3v) is 11.5. The molecule has 0 spiro atoms. The number of fused-ring (bicyclic) bond motifs is 7. The maximum absolute atomic E-state index is 14.2. The number of aliphatic hydroxyl groups excluding tert-OH is 1. The van der Waals surface area contributed by atoms with Gasteiger partial charge >= 0.3 is 5.97 Å². The second-order valence-electron chi connectivity index (χ2n) is 13.9. The summed E-state index contributed by atoms with van der Waals surface area (Å²) in [6.07, 6.45) is 12.2. The maximum atomic E-state index is 14.2. The van der Waals surface area contributed by atoms with E-state index in [9.17, 15) is 19.5 Å². The number of carbonyl (C=O) groups is 3. The van der Waals surface area contributed by atoms with Gasteiger partial charge in [0.25, 0.3) is 0 Å². The Morgan fingerprint density at radius 3 is 2.62 bits per heavy atom. The zero-order valence-electron chi connectivity index (χ0n) is 23.8. The molecule has 4 saturated carbocycles. The van der Waals surface area contributed by atoms with Gasteiger partial charge in [-0.3, -0.25) is 14.4 Å². The molecule has 6 aliphatic rings. The molecule has 39 heavy (non-hydrogen) atoms. The van der Waals surface area contributed by atoms with E-state index in [4.69, 9.17) is 14.2 Å². The Hall–Kier alpha value is -1.83. The van der Waals surface area contributed by atoms with Gasteiger partial charge in [0.05, 0.1) is 18.1 Å². The number of Topliss-reactive ketones (excluding diaryl/α,β-unsaturated/α-hetero) is 1. The first-order valence-electron chi connectivity index (χ1n) is 15.2. The first-order chi connectivity index (χ1) is 18.5. The molecule has 1 aliphatic heterocycles. The Kier molecular flexibility index (Phi) is 6.75. The fourth-order valence-corrected chi connectivity index (χ4v) is 9.62. The lowest BCUT2D eigenvalue weighted by Crippen LogP contribution is -2.63. The molecule has 0 unspecified atom stereocenters. The number of ether oxygens (including phenoxy) is 3. The molecule has 9 atom stereocenters. The lowest BCUT2D eigenvalue weighted by atomic mass is 9.46. The van der Waals surface area contributed by atoms with Crippen LogP contribution in [0.4, 0.5) is 0 Å². The van der Waals surface area contributed by atoms with Crippen LogP contribution in [0.25, 0.3) is 0 Å². The van der Waals surface area contributed by atoms with E-state index in [-0.39, 0.29) is 53.2 Å². The van der Waals surface area contributed by atoms with Gasteiger partial charge in [-0.15, -0.1) is 0 Å². The second-order valence-corrected chi connectivity index (χ2v) is 13.9. The van der Waals surface area contributed by atoms with Crippen molar-refractivity contribution in [2.75, 3.05) is 6.61 Å². The van der Waals surface area contributed by atoms with Crippen LogP contribution < -0.4 is 0 Å².